The molecule has 13 heavy (non-hydrogen) atoms. The Kier molecular flexibility index (Phi) is 3.77. The van der Waals surface area contributed by atoms with Crippen molar-refractivity contribution >= 4 is 28.3 Å². The van der Waals surface area contributed by atoms with E-state index in [-0.39, 0.29) is 12.4 Å². The van der Waals surface area contributed by atoms with Gasteiger partial charge in [0.2, 0.25) is 0 Å². The topological polar surface area (TPSA) is 26.0 Å². The molecule has 0 bridgehead atoms. The van der Waals surface area contributed by atoms with E-state index in [0.29, 0.717) is 12.0 Å². The van der Waals surface area contributed by atoms with Crippen LogP contribution >= 0.6 is 28.3 Å². The fourth-order valence-corrected chi connectivity index (χ4v) is 2.09. The lowest BCUT2D eigenvalue weighted by Crippen LogP contribution is -2.37. The molecule has 0 radical (unpaired) electrons. The number of hydrogen-bond donors (Lipinski definition) is 1. The summed E-state index contributed by atoms with van der Waals surface area (Å²) >= 11 is 3.46. The second-order valence-corrected chi connectivity index (χ2v) is 4.32. The molecular weight excluding hydrogens is 249 g/mol. The zero-order valence-corrected chi connectivity index (χ0v) is 9.64. The molecule has 3 heteroatoms. The number of halogens is 2. The summed E-state index contributed by atoms with van der Waals surface area (Å²) in [6.45, 7) is 0. The SMILES string of the molecule is Cl.NC1CCC1c1cccc(Br)c1. The summed E-state index contributed by atoms with van der Waals surface area (Å²) in [5, 5.41) is 0. The largest absolute Gasteiger partial charge is 0.327 e. The highest BCUT2D eigenvalue weighted by Crippen LogP contribution is 2.36. The Bertz CT molecular complexity index is 290. The van der Waals surface area contributed by atoms with Crippen LogP contribution in [0.4, 0.5) is 0 Å². The molecule has 2 rings (SSSR count). The first-order valence-electron chi connectivity index (χ1n) is 4.28. The zero-order chi connectivity index (χ0) is 8.55. The lowest BCUT2D eigenvalue weighted by molar-refractivity contribution is 0.346. The average Bonchev–Trinajstić information content (AvgIpc) is 2.02. The van der Waals surface area contributed by atoms with Crippen molar-refractivity contribution in [1.29, 1.82) is 0 Å². The quantitative estimate of drug-likeness (QED) is 0.827. The van der Waals surface area contributed by atoms with Gasteiger partial charge in [0.25, 0.3) is 0 Å². The van der Waals surface area contributed by atoms with E-state index >= 15 is 0 Å². The van der Waals surface area contributed by atoms with Gasteiger partial charge in [-0.2, -0.15) is 0 Å². The van der Waals surface area contributed by atoms with Crippen molar-refractivity contribution in [2.75, 3.05) is 0 Å². The van der Waals surface area contributed by atoms with Gasteiger partial charge < -0.3 is 5.73 Å². The van der Waals surface area contributed by atoms with Crippen LogP contribution in [0.15, 0.2) is 28.7 Å². The van der Waals surface area contributed by atoms with Crippen molar-refractivity contribution < 1.29 is 0 Å². The van der Waals surface area contributed by atoms with Gasteiger partial charge in [0.1, 0.15) is 0 Å². The fourth-order valence-electron chi connectivity index (χ4n) is 1.68. The third kappa shape index (κ3) is 2.25. The van der Waals surface area contributed by atoms with Gasteiger partial charge in [-0.1, -0.05) is 28.1 Å². The van der Waals surface area contributed by atoms with Crippen LogP contribution in [-0.2, 0) is 0 Å². The molecule has 0 saturated heterocycles. The maximum Gasteiger partial charge on any atom is 0.0178 e. The van der Waals surface area contributed by atoms with Crippen LogP contribution in [-0.4, -0.2) is 6.04 Å². The van der Waals surface area contributed by atoms with Gasteiger partial charge in [-0.3, -0.25) is 0 Å². The lowest BCUT2D eigenvalue weighted by Gasteiger charge is -2.33. The minimum atomic E-state index is 0. The molecule has 2 unspecified atom stereocenters. The molecule has 1 nitrogen and oxygen atoms in total. The van der Waals surface area contributed by atoms with E-state index in [1.807, 2.05) is 6.07 Å². The van der Waals surface area contributed by atoms with Crippen molar-refractivity contribution in [3.05, 3.63) is 34.3 Å². The Morgan fingerprint density at radius 1 is 1.31 bits per heavy atom. The van der Waals surface area contributed by atoms with Gasteiger partial charge in [-0.25, -0.2) is 0 Å². The Labute approximate surface area is 93.2 Å². The Morgan fingerprint density at radius 3 is 2.54 bits per heavy atom. The van der Waals surface area contributed by atoms with Gasteiger partial charge in [-0.15, -0.1) is 12.4 Å². The molecule has 1 aromatic rings. The van der Waals surface area contributed by atoms with Gasteiger partial charge in [-0.05, 0) is 36.5 Å². The molecule has 0 heterocycles. The molecule has 0 amide bonds. The molecular formula is C10H13BrClN. The van der Waals surface area contributed by atoms with E-state index in [1.165, 1.54) is 18.4 Å². The first-order valence-corrected chi connectivity index (χ1v) is 5.08. The summed E-state index contributed by atoms with van der Waals surface area (Å²) in [7, 11) is 0. The van der Waals surface area contributed by atoms with Gasteiger partial charge in [0.05, 0.1) is 0 Å². The first-order chi connectivity index (χ1) is 5.77. The van der Waals surface area contributed by atoms with E-state index in [0.717, 1.165) is 4.47 Å². The van der Waals surface area contributed by atoms with Crippen LogP contribution in [0.2, 0.25) is 0 Å². The number of rotatable bonds is 1. The minimum absolute atomic E-state index is 0. The van der Waals surface area contributed by atoms with Crippen LogP contribution in [0.3, 0.4) is 0 Å². The molecule has 2 N–H and O–H groups in total. The molecule has 0 spiro atoms. The smallest absolute Gasteiger partial charge is 0.0178 e. The highest BCUT2D eigenvalue weighted by Gasteiger charge is 2.28. The number of benzene rings is 1. The van der Waals surface area contributed by atoms with E-state index in [9.17, 15) is 0 Å². The van der Waals surface area contributed by atoms with E-state index in [1.54, 1.807) is 0 Å². The van der Waals surface area contributed by atoms with Crippen LogP contribution in [0.5, 0.6) is 0 Å². The molecule has 2 atom stereocenters. The van der Waals surface area contributed by atoms with Crippen molar-refractivity contribution in [2.45, 2.75) is 24.8 Å². The summed E-state index contributed by atoms with van der Waals surface area (Å²) in [5.41, 5.74) is 7.27. The number of hydrogen-bond acceptors (Lipinski definition) is 1. The summed E-state index contributed by atoms with van der Waals surface area (Å²) in [5.74, 6) is 0.600. The van der Waals surface area contributed by atoms with Crippen LogP contribution in [0, 0.1) is 0 Å². The molecule has 1 aliphatic rings. The molecule has 1 fully saturated rings. The van der Waals surface area contributed by atoms with E-state index in [4.69, 9.17) is 5.73 Å². The first kappa shape index (κ1) is 11.0. The standard InChI is InChI=1S/C10H12BrN.ClH/c11-8-3-1-2-7(6-8)9-4-5-10(9)12;/h1-3,6,9-10H,4-5,12H2;1H. The Balaban J connectivity index is 0.000000845. The lowest BCUT2D eigenvalue weighted by atomic mass is 9.76. The van der Waals surface area contributed by atoms with E-state index in [2.05, 4.69) is 34.1 Å². The third-order valence-electron chi connectivity index (χ3n) is 2.60. The summed E-state index contributed by atoms with van der Waals surface area (Å²) < 4.78 is 1.15. The van der Waals surface area contributed by atoms with Gasteiger partial charge in [0, 0.05) is 10.5 Å². The van der Waals surface area contributed by atoms with Gasteiger partial charge >= 0.3 is 0 Å². The average molecular weight is 263 g/mol. The summed E-state index contributed by atoms with van der Waals surface area (Å²) in [6, 6.07) is 8.84. The van der Waals surface area contributed by atoms with Crippen molar-refractivity contribution in [1.82, 2.24) is 0 Å². The van der Waals surface area contributed by atoms with Crippen LogP contribution in [0.1, 0.15) is 24.3 Å². The summed E-state index contributed by atoms with van der Waals surface area (Å²) in [6.07, 6.45) is 2.43. The second-order valence-electron chi connectivity index (χ2n) is 3.40. The predicted octanol–water partition coefficient (Wildman–Crippen LogP) is 3.08. The van der Waals surface area contributed by atoms with Crippen molar-refractivity contribution in [3.8, 4) is 0 Å². The van der Waals surface area contributed by atoms with Crippen molar-refractivity contribution in [2.24, 2.45) is 5.73 Å². The highest BCUT2D eigenvalue weighted by molar-refractivity contribution is 9.10. The van der Waals surface area contributed by atoms with Crippen LogP contribution in [0.25, 0.3) is 0 Å². The Hall–Kier alpha value is -0.0500. The summed E-state index contributed by atoms with van der Waals surface area (Å²) in [4.78, 5) is 0. The molecule has 0 aromatic heterocycles. The molecule has 0 aliphatic heterocycles. The maximum absolute atomic E-state index is 5.89. The van der Waals surface area contributed by atoms with E-state index < -0.39 is 0 Å². The maximum atomic E-state index is 5.89. The fraction of sp³-hybridized carbons (Fsp3) is 0.400. The normalized spacial score (nSPS) is 26.0. The monoisotopic (exact) mass is 261 g/mol. The van der Waals surface area contributed by atoms with Crippen molar-refractivity contribution in [3.63, 3.8) is 0 Å². The number of nitrogens with two attached hydrogens (primary N) is 1. The van der Waals surface area contributed by atoms with Crippen LogP contribution < -0.4 is 5.73 Å². The predicted molar refractivity (Wildman–Crippen MR) is 61.3 cm³/mol. The molecule has 1 saturated carbocycles. The molecule has 72 valence electrons. The molecule has 1 aromatic carbocycles. The zero-order valence-electron chi connectivity index (χ0n) is 7.24. The molecule has 1 aliphatic carbocycles. The minimum Gasteiger partial charge on any atom is -0.327 e. The highest BCUT2D eigenvalue weighted by atomic mass is 79.9. The Morgan fingerprint density at radius 2 is 2.08 bits per heavy atom. The van der Waals surface area contributed by atoms with Gasteiger partial charge in [0.15, 0.2) is 0 Å². The third-order valence-corrected chi connectivity index (χ3v) is 3.10. The second kappa shape index (κ2) is 4.45.